The second-order valence-corrected chi connectivity index (χ2v) is 13.2. The maximum absolute atomic E-state index is 13.4. The molecule has 1 saturated heterocycles. The van der Waals surface area contributed by atoms with Crippen molar-refractivity contribution < 1.29 is 41.8 Å². The minimum Gasteiger partial charge on any atom is -0.493 e. The van der Waals surface area contributed by atoms with Gasteiger partial charge in [-0.15, -0.1) is 0 Å². The van der Waals surface area contributed by atoms with Crippen molar-refractivity contribution in [1.29, 1.82) is 0 Å². The Balaban J connectivity index is 2.07. The van der Waals surface area contributed by atoms with Crippen LogP contribution in [0.2, 0.25) is 0 Å². The van der Waals surface area contributed by atoms with Crippen molar-refractivity contribution in [3.8, 4) is 16.9 Å². The summed E-state index contributed by atoms with van der Waals surface area (Å²) in [5, 5.41) is 2.30. The first-order valence-corrected chi connectivity index (χ1v) is 16.9. The van der Waals surface area contributed by atoms with E-state index in [0.29, 0.717) is 69.0 Å². The molecule has 276 valence electrons. The summed E-state index contributed by atoms with van der Waals surface area (Å²) in [7, 11) is 1.58. The van der Waals surface area contributed by atoms with Gasteiger partial charge in [0.15, 0.2) is 12.1 Å². The number of ether oxygens (including phenoxy) is 3. The van der Waals surface area contributed by atoms with Gasteiger partial charge in [0.2, 0.25) is 5.91 Å². The average Bonchev–Trinajstić information content (AvgIpc) is 3.07. The number of halogens is 3. The summed E-state index contributed by atoms with van der Waals surface area (Å²) in [5.41, 5.74) is 7.96. The molecule has 2 aromatic carbocycles. The van der Waals surface area contributed by atoms with Gasteiger partial charge in [0, 0.05) is 82.4 Å². The minimum atomic E-state index is -5.33. The fourth-order valence-electron chi connectivity index (χ4n) is 5.42. The van der Waals surface area contributed by atoms with Crippen LogP contribution in [0.3, 0.4) is 0 Å². The van der Waals surface area contributed by atoms with Gasteiger partial charge in [0.05, 0.1) is 6.61 Å². The fourth-order valence-corrected chi connectivity index (χ4v) is 5.42. The number of unbranched alkanes of at least 4 members (excludes halogenated alkanes) is 1. The summed E-state index contributed by atoms with van der Waals surface area (Å²) in [5.74, 6) is -3.31. The van der Waals surface area contributed by atoms with Crippen LogP contribution in [-0.4, -0.2) is 98.9 Å². The summed E-state index contributed by atoms with van der Waals surface area (Å²) in [6.45, 7) is 10.9. The first-order valence-electron chi connectivity index (χ1n) is 16.9. The number of rotatable bonds is 15. The first-order chi connectivity index (χ1) is 23.6. The Kier molecular flexibility index (Phi) is 15.1. The van der Waals surface area contributed by atoms with Crippen LogP contribution in [-0.2, 0) is 36.8 Å². The average molecular weight is 706 g/mol. The number of hydrogen-bond acceptors (Lipinski definition) is 8. The number of carbonyl (C=O) groups excluding carboxylic acids is 3. The zero-order valence-corrected chi connectivity index (χ0v) is 29.6. The number of carbonyl (C=O) groups is 3. The van der Waals surface area contributed by atoms with Gasteiger partial charge in [-0.3, -0.25) is 24.8 Å². The third kappa shape index (κ3) is 12.0. The van der Waals surface area contributed by atoms with Gasteiger partial charge in [0.25, 0.3) is 5.91 Å². The van der Waals surface area contributed by atoms with Crippen molar-refractivity contribution >= 4 is 23.7 Å². The van der Waals surface area contributed by atoms with Crippen LogP contribution in [0.4, 0.5) is 13.2 Å². The highest BCUT2D eigenvalue weighted by molar-refractivity contribution is 5.99. The van der Waals surface area contributed by atoms with Crippen LogP contribution < -0.4 is 15.8 Å². The van der Waals surface area contributed by atoms with E-state index in [1.807, 2.05) is 62.9 Å². The minimum absolute atomic E-state index is 0.0453. The zero-order chi connectivity index (χ0) is 36.9. The van der Waals surface area contributed by atoms with Crippen molar-refractivity contribution in [2.75, 3.05) is 53.0 Å². The molecule has 0 radical (unpaired) electrons. The SMILES string of the molecule is CCCCN=C(N)NC(=O)C(Cc1ccc(-c2ccccc2)c(OCCCOC)c1CN1CCN(C(=O)C(C)(C)C)CC1)OC(=O)C(F)(F)F. The van der Waals surface area contributed by atoms with E-state index in [2.05, 4.69) is 15.2 Å². The molecule has 0 bridgehead atoms. The lowest BCUT2D eigenvalue weighted by Gasteiger charge is -2.38. The maximum atomic E-state index is 13.4. The highest BCUT2D eigenvalue weighted by atomic mass is 19.4. The molecule has 1 aliphatic heterocycles. The number of piperazine rings is 1. The summed E-state index contributed by atoms with van der Waals surface area (Å²) in [6.07, 6.45) is -5.57. The van der Waals surface area contributed by atoms with E-state index < -0.39 is 36.0 Å². The van der Waals surface area contributed by atoms with Crippen LogP contribution in [0.5, 0.6) is 5.75 Å². The summed E-state index contributed by atoms with van der Waals surface area (Å²) >= 11 is 0. The van der Waals surface area contributed by atoms with Gasteiger partial charge in [-0.2, -0.15) is 13.2 Å². The van der Waals surface area contributed by atoms with Crippen molar-refractivity contribution in [3.05, 3.63) is 53.6 Å². The lowest BCUT2D eigenvalue weighted by molar-refractivity contribution is -0.205. The molecule has 1 unspecified atom stereocenters. The number of guanidine groups is 1. The Morgan fingerprint density at radius 1 is 0.980 bits per heavy atom. The monoisotopic (exact) mass is 705 g/mol. The predicted octanol–water partition coefficient (Wildman–Crippen LogP) is 4.71. The van der Waals surface area contributed by atoms with Crippen LogP contribution in [0, 0.1) is 5.41 Å². The van der Waals surface area contributed by atoms with Crippen LogP contribution in [0.25, 0.3) is 11.1 Å². The third-order valence-electron chi connectivity index (χ3n) is 8.09. The molecule has 2 aromatic rings. The van der Waals surface area contributed by atoms with Gasteiger partial charge in [0.1, 0.15) is 5.75 Å². The number of amides is 2. The summed E-state index contributed by atoms with van der Waals surface area (Å²) in [6, 6.07) is 13.0. The number of aliphatic imine (C=N–C) groups is 1. The molecule has 3 N–H and O–H groups in total. The van der Waals surface area contributed by atoms with Gasteiger partial charge in [-0.25, -0.2) is 4.79 Å². The Morgan fingerprint density at radius 2 is 1.66 bits per heavy atom. The highest BCUT2D eigenvalue weighted by Gasteiger charge is 2.43. The molecule has 0 spiro atoms. The molecular weight excluding hydrogens is 655 g/mol. The lowest BCUT2D eigenvalue weighted by Crippen LogP contribution is -2.51. The number of alkyl halides is 3. The maximum Gasteiger partial charge on any atom is 0.490 e. The smallest absolute Gasteiger partial charge is 0.490 e. The van der Waals surface area contributed by atoms with Crippen LogP contribution in [0.15, 0.2) is 47.5 Å². The van der Waals surface area contributed by atoms with Crippen molar-refractivity contribution in [2.45, 2.75) is 72.2 Å². The van der Waals surface area contributed by atoms with Crippen LogP contribution >= 0.6 is 0 Å². The number of methoxy groups -OCH3 is 1. The Labute approximate surface area is 292 Å². The van der Waals surface area contributed by atoms with E-state index in [0.717, 1.165) is 17.5 Å². The molecule has 1 heterocycles. The molecule has 0 aliphatic carbocycles. The third-order valence-corrected chi connectivity index (χ3v) is 8.09. The fraction of sp³-hybridized carbons (Fsp3) is 0.556. The number of nitrogens with two attached hydrogens (primary N) is 1. The topological polar surface area (TPSA) is 136 Å². The molecular formula is C36H50F3N5O6. The molecule has 1 aliphatic rings. The molecule has 50 heavy (non-hydrogen) atoms. The highest BCUT2D eigenvalue weighted by Crippen LogP contribution is 2.37. The standard InChI is InChI=1S/C36H50F3N5O6/c1-6-7-16-41-34(40)42-31(45)29(50-33(47)36(37,38)39)23-26-14-15-27(25-12-9-8-10-13-25)30(49-22-11-21-48-5)28(26)24-43-17-19-44(20-18-43)32(46)35(2,3)4/h8-10,12-15,29H,6-7,11,16-24H2,1-5H3,(H3,40,41,42,45). The molecule has 14 heteroatoms. The van der Waals surface area contributed by atoms with Gasteiger partial charge in [-0.1, -0.05) is 76.6 Å². The molecule has 2 amide bonds. The van der Waals surface area contributed by atoms with E-state index in [1.165, 1.54) is 0 Å². The van der Waals surface area contributed by atoms with E-state index in [4.69, 9.17) is 19.9 Å². The Morgan fingerprint density at radius 3 is 2.26 bits per heavy atom. The second-order valence-electron chi connectivity index (χ2n) is 13.2. The molecule has 1 fully saturated rings. The summed E-state index contributed by atoms with van der Waals surface area (Å²) < 4.78 is 56.7. The number of nitrogens with zero attached hydrogens (tertiary/aromatic N) is 3. The first kappa shape index (κ1) is 40.3. The second kappa shape index (κ2) is 18.7. The van der Waals surface area contributed by atoms with Crippen molar-refractivity contribution in [3.63, 3.8) is 0 Å². The Hall–Kier alpha value is -4.17. The van der Waals surface area contributed by atoms with Crippen molar-refractivity contribution in [2.24, 2.45) is 16.1 Å². The zero-order valence-electron chi connectivity index (χ0n) is 29.6. The van der Waals surface area contributed by atoms with Gasteiger partial charge < -0.3 is 24.8 Å². The number of hydrogen-bond donors (Lipinski definition) is 2. The van der Waals surface area contributed by atoms with Gasteiger partial charge >= 0.3 is 12.1 Å². The van der Waals surface area contributed by atoms with E-state index in [-0.39, 0.29) is 25.0 Å². The summed E-state index contributed by atoms with van der Waals surface area (Å²) in [4.78, 5) is 46.4. The number of nitrogens with one attached hydrogen (secondary N) is 1. The van der Waals surface area contributed by atoms with Crippen molar-refractivity contribution in [1.82, 2.24) is 15.1 Å². The largest absolute Gasteiger partial charge is 0.493 e. The quantitative estimate of drug-likeness (QED) is 0.118. The number of esters is 1. The molecule has 3 rings (SSSR count). The normalized spacial score (nSPS) is 15.0. The lowest BCUT2D eigenvalue weighted by atomic mass is 9.93. The number of benzene rings is 2. The molecule has 11 nitrogen and oxygen atoms in total. The van der Waals surface area contributed by atoms with E-state index in [9.17, 15) is 27.6 Å². The molecule has 0 saturated carbocycles. The molecule has 0 aromatic heterocycles. The van der Waals surface area contributed by atoms with E-state index >= 15 is 0 Å². The predicted molar refractivity (Wildman–Crippen MR) is 184 cm³/mol. The van der Waals surface area contributed by atoms with Gasteiger partial charge in [-0.05, 0) is 17.5 Å². The molecule has 1 atom stereocenters. The Bertz CT molecular complexity index is 1450. The van der Waals surface area contributed by atoms with E-state index in [1.54, 1.807) is 19.2 Å². The van der Waals surface area contributed by atoms with Crippen LogP contribution in [0.1, 0.15) is 58.1 Å².